The molecule has 16 heavy (non-hydrogen) atoms. The standard InChI is InChI=1S/C14H16O2/c1-10-13(11-6-3-2-4-7-11)12-8-5-9-15-14(12)16-10/h2-4,6-7,12,14H,5,8-9H2,1H3/t12-,14+/m1/s1. The van der Waals surface area contributed by atoms with Crippen LogP contribution in [0.2, 0.25) is 0 Å². The maximum atomic E-state index is 5.79. The van der Waals surface area contributed by atoms with Crippen LogP contribution in [0.3, 0.4) is 0 Å². The van der Waals surface area contributed by atoms with Crippen molar-refractivity contribution < 1.29 is 9.47 Å². The van der Waals surface area contributed by atoms with Crippen molar-refractivity contribution in [2.45, 2.75) is 26.1 Å². The summed E-state index contributed by atoms with van der Waals surface area (Å²) in [5, 5.41) is 0. The number of benzene rings is 1. The topological polar surface area (TPSA) is 18.5 Å². The molecule has 1 aromatic carbocycles. The van der Waals surface area contributed by atoms with E-state index in [0.717, 1.165) is 18.8 Å². The monoisotopic (exact) mass is 216 g/mol. The molecule has 0 spiro atoms. The zero-order valence-corrected chi connectivity index (χ0v) is 9.48. The second kappa shape index (κ2) is 3.95. The Morgan fingerprint density at radius 3 is 2.81 bits per heavy atom. The summed E-state index contributed by atoms with van der Waals surface area (Å²) < 4.78 is 11.4. The average molecular weight is 216 g/mol. The van der Waals surface area contributed by atoms with Gasteiger partial charge in [-0.2, -0.15) is 0 Å². The minimum atomic E-state index is -0.0380. The van der Waals surface area contributed by atoms with E-state index in [1.807, 2.05) is 13.0 Å². The van der Waals surface area contributed by atoms with Gasteiger partial charge >= 0.3 is 0 Å². The van der Waals surface area contributed by atoms with Gasteiger partial charge in [-0.15, -0.1) is 0 Å². The lowest BCUT2D eigenvalue weighted by Crippen LogP contribution is -2.27. The molecule has 1 saturated heterocycles. The Kier molecular flexibility index (Phi) is 2.44. The first-order valence-corrected chi connectivity index (χ1v) is 5.91. The number of hydrogen-bond donors (Lipinski definition) is 0. The van der Waals surface area contributed by atoms with E-state index in [9.17, 15) is 0 Å². The van der Waals surface area contributed by atoms with Gasteiger partial charge in [0.15, 0.2) is 0 Å². The van der Waals surface area contributed by atoms with Crippen molar-refractivity contribution in [3.63, 3.8) is 0 Å². The molecular weight excluding hydrogens is 200 g/mol. The van der Waals surface area contributed by atoms with Crippen molar-refractivity contribution in [1.29, 1.82) is 0 Å². The molecule has 0 aromatic heterocycles. The molecule has 0 aliphatic carbocycles. The molecule has 2 heterocycles. The fourth-order valence-electron chi connectivity index (χ4n) is 2.69. The van der Waals surface area contributed by atoms with Gasteiger partial charge in [0, 0.05) is 5.57 Å². The van der Waals surface area contributed by atoms with E-state index in [1.165, 1.54) is 17.6 Å². The zero-order chi connectivity index (χ0) is 11.0. The van der Waals surface area contributed by atoms with Crippen LogP contribution in [0, 0.1) is 5.92 Å². The Hall–Kier alpha value is -1.28. The summed E-state index contributed by atoms with van der Waals surface area (Å²) in [4.78, 5) is 0. The molecule has 2 aliphatic rings. The van der Waals surface area contributed by atoms with Gasteiger partial charge in [-0.1, -0.05) is 30.3 Å². The van der Waals surface area contributed by atoms with Crippen molar-refractivity contribution in [2.24, 2.45) is 5.92 Å². The number of fused-ring (bicyclic) bond motifs is 1. The molecule has 2 heteroatoms. The first-order valence-electron chi connectivity index (χ1n) is 5.91. The number of hydrogen-bond acceptors (Lipinski definition) is 2. The van der Waals surface area contributed by atoms with Crippen LogP contribution in [0.15, 0.2) is 36.1 Å². The molecule has 84 valence electrons. The van der Waals surface area contributed by atoms with E-state index in [-0.39, 0.29) is 6.29 Å². The predicted molar refractivity (Wildman–Crippen MR) is 62.6 cm³/mol. The quantitative estimate of drug-likeness (QED) is 0.717. The highest BCUT2D eigenvalue weighted by molar-refractivity contribution is 5.70. The van der Waals surface area contributed by atoms with Gasteiger partial charge < -0.3 is 9.47 Å². The van der Waals surface area contributed by atoms with Gasteiger partial charge in [0.05, 0.1) is 12.5 Å². The van der Waals surface area contributed by atoms with Crippen molar-refractivity contribution in [2.75, 3.05) is 6.61 Å². The molecule has 0 saturated carbocycles. The van der Waals surface area contributed by atoms with Crippen LogP contribution < -0.4 is 0 Å². The largest absolute Gasteiger partial charge is 0.469 e. The van der Waals surface area contributed by atoms with Crippen LogP contribution in [0.5, 0.6) is 0 Å². The van der Waals surface area contributed by atoms with E-state index >= 15 is 0 Å². The molecule has 0 N–H and O–H groups in total. The first-order chi connectivity index (χ1) is 7.86. The predicted octanol–water partition coefficient (Wildman–Crippen LogP) is 3.20. The van der Waals surface area contributed by atoms with Gasteiger partial charge in [-0.3, -0.25) is 0 Å². The highest BCUT2D eigenvalue weighted by Crippen LogP contribution is 2.42. The third-order valence-electron chi connectivity index (χ3n) is 3.40. The SMILES string of the molecule is CC1=C(c2ccccc2)[C@H]2CCCO[C@H]2O1. The molecule has 2 atom stereocenters. The van der Waals surface area contributed by atoms with E-state index in [1.54, 1.807) is 0 Å². The highest BCUT2D eigenvalue weighted by Gasteiger charge is 2.38. The van der Waals surface area contributed by atoms with Gasteiger partial charge in [-0.25, -0.2) is 0 Å². The smallest absolute Gasteiger partial charge is 0.206 e. The third-order valence-corrected chi connectivity index (χ3v) is 3.40. The fourth-order valence-corrected chi connectivity index (χ4v) is 2.69. The third kappa shape index (κ3) is 1.54. The van der Waals surface area contributed by atoms with Gasteiger partial charge in [-0.05, 0) is 25.3 Å². The molecule has 1 aromatic rings. The number of ether oxygens (including phenoxy) is 2. The Morgan fingerprint density at radius 1 is 1.19 bits per heavy atom. The maximum absolute atomic E-state index is 5.79. The van der Waals surface area contributed by atoms with Gasteiger partial charge in [0.1, 0.15) is 5.76 Å². The highest BCUT2D eigenvalue weighted by atomic mass is 16.7. The van der Waals surface area contributed by atoms with Crippen molar-refractivity contribution in [1.82, 2.24) is 0 Å². The Balaban J connectivity index is 1.97. The molecule has 2 nitrogen and oxygen atoms in total. The second-order valence-electron chi connectivity index (χ2n) is 4.44. The van der Waals surface area contributed by atoms with Crippen molar-refractivity contribution >= 4 is 5.57 Å². The van der Waals surface area contributed by atoms with E-state index < -0.39 is 0 Å². The lowest BCUT2D eigenvalue weighted by atomic mass is 9.88. The van der Waals surface area contributed by atoms with Crippen LogP contribution in [0.1, 0.15) is 25.3 Å². The Labute approximate surface area is 95.9 Å². The second-order valence-corrected chi connectivity index (χ2v) is 4.44. The Bertz CT molecular complexity index is 408. The van der Waals surface area contributed by atoms with Gasteiger partial charge in [0.25, 0.3) is 0 Å². The Morgan fingerprint density at radius 2 is 2.00 bits per heavy atom. The molecule has 3 rings (SSSR count). The van der Waals surface area contributed by atoms with Crippen LogP contribution in [0.4, 0.5) is 0 Å². The molecule has 0 amide bonds. The van der Waals surface area contributed by atoms with E-state index in [0.29, 0.717) is 5.92 Å². The zero-order valence-electron chi connectivity index (χ0n) is 9.48. The van der Waals surface area contributed by atoms with Crippen molar-refractivity contribution in [3.05, 3.63) is 41.7 Å². The average Bonchev–Trinajstić information content (AvgIpc) is 2.66. The molecule has 0 unspecified atom stereocenters. The summed E-state index contributed by atoms with van der Waals surface area (Å²) >= 11 is 0. The summed E-state index contributed by atoms with van der Waals surface area (Å²) in [5.41, 5.74) is 2.61. The molecule has 0 radical (unpaired) electrons. The summed E-state index contributed by atoms with van der Waals surface area (Å²) in [6.45, 7) is 2.88. The van der Waals surface area contributed by atoms with E-state index in [4.69, 9.17) is 9.47 Å². The van der Waals surface area contributed by atoms with Crippen LogP contribution in [-0.4, -0.2) is 12.9 Å². The summed E-state index contributed by atoms with van der Waals surface area (Å²) in [7, 11) is 0. The molecule has 0 bridgehead atoms. The van der Waals surface area contributed by atoms with E-state index in [2.05, 4.69) is 24.3 Å². The minimum absolute atomic E-state index is 0.0380. The summed E-state index contributed by atoms with van der Waals surface area (Å²) in [5.74, 6) is 1.46. The lowest BCUT2D eigenvalue weighted by Gasteiger charge is -2.26. The summed E-state index contributed by atoms with van der Waals surface area (Å²) in [6, 6.07) is 10.5. The molecule has 1 fully saturated rings. The normalized spacial score (nSPS) is 28.8. The summed E-state index contributed by atoms with van der Waals surface area (Å²) in [6.07, 6.45) is 2.27. The fraction of sp³-hybridized carbons (Fsp3) is 0.429. The molecular formula is C14H16O2. The number of rotatable bonds is 1. The molecule has 2 aliphatic heterocycles. The van der Waals surface area contributed by atoms with Crippen LogP contribution in [-0.2, 0) is 9.47 Å². The van der Waals surface area contributed by atoms with Crippen LogP contribution in [0.25, 0.3) is 5.57 Å². The number of allylic oxidation sites excluding steroid dienone is 1. The minimum Gasteiger partial charge on any atom is -0.469 e. The maximum Gasteiger partial charge on any atom is 0.206 e. The lowest BCUT2D eigenvalue weighted by molar-refractivity contribution is -0.143. The van der Waals surface area contributed by atoms with Gasteiger partial charge in [0.2, 0.25) is 6.29 Å². The van der Waals surface area contributed by atoms with Crippen LogP contribution >= 0.6 is 0 Å². The van der Waals surface area contributed by atoms with Crippen molar-refractivity contribution in [3.8, 4) is 0 Å². The first kappa shape index (κ1) is 9.91.